The highest BCUT2D eigenvalue weighted by atomic mass is 32.2. The minimum absolute atomic E-state index is 0.214. The predicted molar refractivity (Wildman–Crippen MR) is 163 cm³/mol. The summed E-state index contributed by atoms with van der Waals surface area (Å²) in [7, 11) is -1.89. The molecule has 2 fully saturated rings. The van der Waals surface area contributed by atoms with E-state index in [-0.39, 0.29) is 17.0 Å². The number of anilines is 1. The molecule has 2 aromatic heterocycles. The molecule has 2 aliphatic rings. The standard InChI is InChI=1S/C31H34N6O5S/c1-41-22-10-8-21(9-11-22)35-31-34-19-27-28(24-4-2-3-5-25(24)30(32)38)33-18-26(29(27)36-31)20-6-12-23(13-7-20)43(39,40)37-14-16-42-17-15-37/h2-7,12-13,18-19,21-22H,8-11,14-17H2,1H3,(H2,32,38)(H,34,35,36). The predicted octanol–water partition coefficient (Wildman–Crippen LogP) is 3.85. The van der Waals surface area contributed by atoms with E-state index in [0.29, 0.717) is 65.5 Å². The van der Waals surface area contributed by atoms with E-state index in [2.05, 4.69) is 10.3 Å². The summed E-state index contributed by atoms with van der Waals surface area (Å²) in [6.45, 7) is 1.41. The number of rotatable bonds is 8. The maximum absolute atomic E-state index is 13.2. The lowest BCUT2D eigenvalue weighted by Crippen LogP contribution is -2.40. The summed E-state index contributed by atoms with van der Waals surface area (Å²) in [5.74, 6) is -0.0703. The van der Waals surface area contributed by atoms with Gasteiger partial charge in [-0.2, -0.15) is 4.31 Å². The number of carbonyl (C=O) groups is 1. The van der Waals surface area contributed by atoms with Crippen LogP contribution in [0.25, 0.3) is 33.3 Å². The Morgan fingerprint density at radius 3 is 2.40 bits per heavy atom. The van der Waals surface area contributed by atoms with Crippen molar-refractivity contribution < 1.29 is 22.7 Å². The van der Waals surface area contributed by atoms with Crippen molar-refractivity contribution in [1.29, 1.82) is 0 Å². The summed E-state index contributed by atoms with van der Waals surface area (Å²) in [5, 5.41) is 4.13. The molecule has 1 aliphatic heterocycles. The summed E-state index contributed by atoms with van der Waals surface area (Å²) in [6.07, 6.45) is 7.50. The summed E-state index contributed by atoms with van der Waals surface area (Å²) >= 11 is 0. The Morgan fingerprint density at radius 1 is 0.977 bits per heavy atom. The lowest BCUT2D eigenvalue weighted by atomic mass is 9.93. The summed E-state index contributed by atoms with van der Waals surface area (Å²) < 4.78 is 38.7. The zero-order valence-corrected chi connectivity index (χ0v) is 24.7. The maximum Gasteiger partial charge on any atom is 0.249 e. The number of ether oxygens (including phenoxy) is 2. The quantitative estimate of drug-likeness (QED) is 0.307. The van der Waals surface area contributed by atoms with E-state index in [1.165, 1.54) is 4.31 Å². The molecule has 0 unspecified atom stereocenters. The maximum atomic E-state index is 13.2. The van der Waals surface area contributed by atoms with Crippen molar-refractivity contribution in [2.45, 2.75) is 42.7 Å². The van der Waals surface area contributed by atoms with Crippen LogP contribution in [-0.4, -0.2) is 79.1 Å². The van der Waals surface area contributed by atoms with Gasteiger partial charge in [-0.25, -0.2) is 18.4 Å². The SMILES string of the molecule is COC1CCC(Nc2ncc3c(-c4ccccc4C(N)=O)ncc(-c4ccc(S(=O)(=O)N5CCOCC5)cc4)c3n2)CC1. The zero-order chi connectivity index (χ0) is 30.0. The van der Waals surface area contributed by atoms with Crippen LogP contribution in [-0.2, 0) is 19.5 Å². The summed E-state index contributed by atoms with van der Waals surface area (Å²) in [6, 6.07) is 14.0. The molecule has 1 saturated carbocycles. The Morgan fingerprint density at radius 2 is 1.70 bits per heavy atom. The lowest BCUT2D eigenvalue weighted by Gasteiger charge is -2.28. The van der Waals surface area contributed by atoms with E-state index in [1.54, 1.807) is 62.0 Å². The Hall–Kier alpha value is -3.97. The first-order valence-corrected chi connectivity index (χ1v) is 15.8. The number of benzene rings is 2. The van der Waals surface area contributed by atoms with Gasteiger partial charge in [-0.15, -0.1) is 0 Å². The number of nitrogens with zero attached hydrogens (tertiary/aromatic N) is 4. The first-order valence-electron chi connectivity index (χ1n) is 14.4. The molecular formula is C31H34N6O5S. The van der Waals surface area contributed by atoms with Crippen molar-refractivity contribution in [2.24, 2.45) is 5.73 Å². The fourth-order valence-electron chi connectivity index (χ4n) is 5.79. The van der Waals surface area contributed by atoms with Gasteiger partial charge in [0.2, 0.25) is 21.9 Å². The van der Waals surface area contributed by atoms with Gasteiger partial charge >= 0.3 is 0 Å². The van der Waals surface area contributed by atoms with Crippen LogP contribution < -0.4 is 11.1 Å². The number of carbonyl (C=O) groups excluding carboxylic acids is 1. The monoisotopic (exact) mass is 602 g/mol. The topological polar surface area (TPSA) is 150 Å². The van der Waals surface area contributed by atoms with Gasteiger partial charge < -0.3 is 20.5 Å². The molecule has 0 spiro atoms. The van der Waals surface area contributed by atoms with E-state index in [0.717, 1.165) is 31.2 Å². The number of methoxy groups -OCH3 is 1. The fraction of sp³-hybridized carbons (Fsp3) is 0.355. The average molecular weight is 603 g/mol. The van der Waals surface area contributed by atoms with E-state index in [1.807, 2.05) is 6.07 Å². The molecular weight excluding hydrogens is 568 g/mol. The number of hydrogen-bond donors (Lipinski definition) is 2. The lowest BCUT2D eigenvalue weighted by molar-refractivity contribution is 0.0681. The highest BCUT2D eigenvalue weighted by Gasteiger charge is 2.27. The molecule has 1 aliphatic carbocycles. The number of fused-ring (bicyclic) bond motifs is 1. The van der Waals surface area contributed by atoms with E-state index in [4.69, 9.17) is 25.2 Å². The minimum atomic E-state index is -3.64. The molecule has 2 aromatic carbocycles. The van der Waals surface area contributed by atoms with Gasteiger partial charge in [0.15, 0.2) is 0 Å². The van der Waals surface area contributed by atoms with Crippen LogP contribution in [0.1, 0.15) is 36.0 Å². The molecule has 4 aromatic rings. The Bertz CT molecular complexity index is 1730. The molecule has 43 heavy (non-hydrogen) atoms. The van der Waals surface area contributed by atoms with Crippen molar-refractivity contribution in [3.05, 3.63) is 66.5 Å². The van der Waals surface area contributed by atoms with Crippen LogP contribution in [0, 0.1) is 0 Å². The highest BCUT2D eigenvalue weighted by molar-refractivity contribution is 7.89. The highest BCUT2D eigenvalue weighted by Crippen LogP contribution is 2.35. The molecule has 0 bridgehead atoms. The van der Waals surface area contributed by atoms with Gasteiger partial charge in [0.05, 0.1) is 35.4 Å². The number of nitrogens with two attached hydrogens (primary N) is 1. The number of pyridine rings is 1. The number of hydrogen-bond acceptors (Lipinski definition) is 9. The van der Waals surface area contributed by atoms with E-state index < -0.39 is 15.9 Å². The Balaban J connectivity index is 1.41. The smallest absolute Gasteiger partial charge is 0.249 e. The summed E-state index contributed by atoms with van der Waals surface area (Å²) in [5.41, 5.74) is 9.23. The van der Waals surface area contributed by atoms with Crippen LogP contribution in [0.4, 0.5) is 5.95 Å². The van der Waals surface area contributed by atoms with Crippen LogP contribution >= 0.6 is 0 Å². The first-order chi connectivity index (χ1) is 20.8. The van der Waals surface area contributed by atoms with Gasteiger partial charge in [-0.1, -0.05) is 30.3 Å². The number of amides is 1. The number of aromatic nitrogens is 3. The number of sulfonamides is 1. The van der Waals surface area contributed by atoms with Crippen molar-refractivity contribution in [3.8, 4) is 22.4 Å². The molecule has 1 saturated heterocycles. The number of primary amides is 1. The van der Waals surface area contributed by atoms with Crippen molar-refractivity contribution >= 4 is 32.8 Å². The molecule has 224 valence electrons. The zero-order valence-electron chi connectivity index (χ0n) is 23.9. The minimum Gasteiger partial charge on any atom is -0.381 e. The van der Waals surface area contributed by atoms with Crippen LogP contribution in [0.5, 0.6) is 0 Å². The Kier molecular flexibility index (Phi) is 8.35. The number of nitrogens with one attached hydrogen (secondary N) is 1. The largest absolute Gasteiger partial charge is 0.381 e. The van der Waals surface area contributed by atoms with Gasteiger partial charge in [-0.3, -0.25) is 9.78 Å². The van der Waals surface area contributed by atoms with Crippen molar-refractivity contribution in [1.82, 2.24) is 19.3 Å². The normalized spacial score (nSPS) is 19.7. The molecule has 1 amide bonds. The third-order valence-corrected chi connectivity index (χ3v) is 10.1. The van der Waals surface area contributed by atoms with Gasteiger partial charge in [0.25, 0.3) is 0 Å². The molecule has 6 rings (SSSR count). The first kappa shape index (κ1) is 29.1. The molecule has 11 nitrogen and oxygen atoms in total. The third-order valence-electron chi connectivity index (χ3n) is 8.18. The summed E-state index contributed by atoms with van der Waals surface area (Å²) in [4.78, 5) is 26.8. The molecule has 3 N–H and O–H groups in total. The van der Waals surface area contributed by atoms with Crippen LogP contribution in [0.3, 0.4) is 0 Å². The fourth-order valence-corrected chi connectivity index (χ4v) is 7.20. The van der Waals surface area contributed by atoms with E-state index in [9.17, 15) is 13.2 Å². The van der Waals surface area contributed by atoms with E-state index >= 15 is 0 Å². The van der Waals surface area contributed by atoms with Crippen LogP contribution in [0.2, 0.25) is 0 Å². The molecule has 12 heteroatoms. The van der Waals surface area contributed by atoms with Crippen molar-refractivity contribution in [3.63, 3.8) is 0 Å². The second-order valence-electron chi connectivity index (χ2n) is 10.8. The molecule has 3 heterocycles. The molecule has 0 radical (unpaired) electrons. The van der Waals surface area contributed by atoms with Gasteiger partial charge in [0.1, 0.15) is 0 Å². The van der Waals surface area contributed by atoms with Crippen LogP contribution in [0.15, 0.2) is 65.8 Å². The second kappa shape index (κ2) is 12.3. The van der Waals surface area contributed by atoms with Crippen molar-refractivity contribution in [2.75, 3.05) is 38.7 Å². The average Bonchev–Trinajstić information content (AvgIpc) is 3.05. The molecule has 0 atom stereocenters. The van der Waals surface area contributed by atoms with Gasteiger partial charge in [0, 0.05) is 60.7 Å². The third kappa shape index (κ3) is 5.96. The number of morpholine rings is 1. The van der Waals surface area contributed by atoms with Gasteiger partial charge in [-0.05, 0) is 49.4 Å². The Labute approximate surface area is 250 Å². The second-order valence-corrected chi connectivity index (χ2v) is 12.7.